The normalized spacial score (nSPS) is 11.0. The summed E-state index contributed by atoms with van der Waals surface area (Å²) in [6, 6.07) is 13.8. The van der Waals surface area contributed by atoms with Gasteiger partial charge in [0.2, 0.25) is 5.13 Å². The van der Waals surface area contributed by atoms with Gasteiger partial charge in [0, 0.05) is 24.4 Å². The van der Waals surface area contributed by atoms with Gasteiger partial charge < -0.3 is 4.90 Å². The molecular formula is C18H19N6O2S+. The number of hydrogen-bond acceptors (Lipinski definition) is 7. The van der Waals surface area contributed by atoms with E-state index in [0.717, 1.165) is 36.7 Å². The van der Waals surface area contributed by atoms with Crippen LogP contribution in [0.1, 0.15) is 6.92 Å². The molecule has 3 rings (SSSR count). The van der Waals surface area contributed by atoms with E-state index in [4.69, 9.17) is 0 Å². The van der Waals surface area contributed by atoms with E-state index in [1.54, 1.807) is 0 Å². The van der Waals surface area contributed by atoms with E-state index in [-0.39, 0.29) is 10.1 Å². The first-order chi connectivity index (χ1) is 13.2. The molecule has 3 aromatic rings. The first-order valence-corrected chi connectivity index (χ1v) is 9.28. The van der Waals surface area contributed by atoms with E-state index in [0.29, 0.717) is 5.69 Å². The van der Waals surface area contributed by atoms with Crippen molar-refractivity contribution >= 4 is 32.8 Å². The Morgan fingerprint density at radius 3 is 2.56 bits per heavy atom. The Morgan fingerprint density at radius 2 is 1.93 bits per heavy atom. The van der Waals surface area contributed by atoms with Crippen LogP contribution < -0.4 is 9.47 Å². The maximum atomic E-state index is 10.7. The molecule has 0 fully saturated rings. The van der Waals surface area contributed by atoms with Gasteiger partial charge >= 0.3 is 5.00 Å². The summed E-state index contributed by atoms with van der Waals surface area (Å²) < 4.78 is 2.15. The predicted octanol–water partition coefficient (Wildman–Crippen LogP) is 4.28. The van der Waals surface area contributed by atoms with Crippen molar-refractivity contribution in [2.75, 3.05) is 18.0 Å². The zero-order valence-corrected chi connectivity index (χ0v) is 15.6. The molecule has 0 aliphatic rings. The summed E-state index contributed by atoms with van der Waals surface area (Å²) in [6.07, 6.45) is 5.30. The van der Waals surface area contributed by atoms with Crippen LogP contribution in [0.3, 0.4) is 0 Å². The minimum Gasteiger partial charge on any atom is -0.365 e. The Morgan fingerprint density at radius 1 is 1.19 bits per heavy atom. The summed E-state index contributed by atoms with van der Waals surface area (Å²) in [5.41, 5.74) is 1.78. The van der Waals surface area contributed by atoms with Crippen LogP contribution >= 0.6 is 11.3 Å². The highest BCUT2D eigenvalue weighted by Gasteiger charge is 2.11. The van der Waals surface area contributed by atoms with E-state index >= 15 is 0 Å². The topological polar surface area (TPSA) is 87.9 Å². The molecule has 27 heavy (non-hydrogen) atoms. The molecule has 0 saturated carbocycles. The molecule has 0 radical (unpaired) electrons. The first kappa shape index (κ1) is 18.6. The highest BCUT2D eigenvalue weighted by molar-refractivity contribution is 7.18. The Hall–Kier alpha value is -3.20. The number of hydrogen-bond donors (Lipinski definition) is 0. The van der Waals surface area contributed by atoms with Crippen LogP contribution in [0.15, 0.2) is 71.3 Å². The third-order valence-corrected chi connectivity index (χ3v) is 4.75. The number of rotatable bonds is 8. The number of anilines is 1. The second-order valence-corrected chi connectivity index (χ2v) is 6.64. The Kier molecular flexibility index (Phi) is 6.16. The first-order valence-electron chi connectivity index (χ1n) is 8.47. The fourth-order valence-electron chi connectivity index (χ4n) is 2.51. The van der Waals surface area contributed by atoms with Crippen molar-refractivity contribution < 1.29 is 9.49 Å². The molecule has 2 aromatic heterocycles. The van der Waals surface area contributed by atoms with Gasteiger partial charge in [-0.1, -0.05) is 6.07 Å². The molecule has 2 heterocycles. The van der Waals surface area contributed by atoms with Gasteiger partial charge in [0.1, 0.15) is 6.20 Å². The molecule has 0 unspecified atom stereocenters. The number of nitrogens with zero attached hydrogens (tertiary/aromatic N) is 6. The third kappa shape index (κ3) is 5.14. The van der Waals surface area contributed by atoms with Crippen molar-refractivity contribution in [2.45, 2.75) is 13.5 Å². The molecule has 0 saturated heterocycles. The average molecular weight is 383 g/mol. The van der Waals surface area contributed by atoms with Gasteiger partial charge in [-0.25, -0.2) is 9.55 Å². The molecule has 8 nitrogen and oxygen atoms in total. The third-order valence-electron chi connectivity index (χ3n) is 3.91. The lowest BCUT2D eigenvalue weighted by molar-refractivity contribution is -0.694. The summed E-state index contributed by atoms with van der Waals surface area (Å²) in [6.45, 7) is 4.82. The van der Waals surface area contributed by atoms with Crippen LogP contribution in [0, 0.1) is 10.1 Å². The Labute approximate surface area is 160 Å². The van der Waals surface area contributed by atoms with E-state index in [1.807, 2.05) is 42.5 Å². The van der Waals surface area contributed by atoms with E-state index in [9.17, 15) is 10.1 Å². The smallest absolute Gasteiger partial charge is 0.345 e. The second kappa shape index (κ2) is 8.95. The lowest BCUT2D eigenvalue weighted by Crippen LogP contribution is -2.40. The summed E-state index contributed by atoms with van der Waals surface area (Å²) in [7, 11) is 0. The van der Waals surface area contributed by atoms with Crippen LogP contribution in [-0.2, 0) is 6.54 Å². The number of aromatic nitrogens is 2. The summed E-state index contributed by atoms with van der Waals surface area (Å²) >= 11 is 0.895. The average Bonchev–Trinajstić information content (AvgIpc) is 3.18. The summed E-state index contributed by atoms with van der Waals surface area (Å²) in [5, 5.41) is 18.9. The highest BCUT2D eigenvalue weighted by Crippen LogP contribution is 2.29. The monoisotopic (exact) mass is 383 g/mol. The minimum atomic E-state index is -0.488. The molecular weight excluding hydrogens is 364 g/mol. The Balaban J connectivity index is 1.62. The van der Waals surface area contributed by atoms with Crippen molar-refractivity contribution in [3.05, 3.63) is 71.2 Å². The van der Waals surface area contributed by atoms with E-state index in [1.165, 1.54) is 6.20 Å². The number of likely N-dealkylation sites (N-methyl/N-ethyl adjacent to an activating group) is 1. The number of thiazole rings is 1. The SMILES string of the molecule is CCN(CC[n+]1ccccc1)c1ccc(N=Nc2ncc([N+](=O)[O-])s2)cc1. The maximum absolute atomic E-state index is 10.7. The van der Waals surface area contributed by atoms with Gasteiger partial charge in [0.05, 0.1) is 17.2 Å². The van der Waals surface area contributed by atoms with Crippen molar-refractivity contribution in [1.82, 2.24) is 4.98 Å². The Bertz CT molecular complexity index is 911. The number of pyridine rings is 1. The van der Waals surface area contributed by atoms with Crippen molar-refractivity contribution in [3.63, 3.8) is 0 Å². The van der Waals surface area contributed by atoms with Crippen molar-refractivity contribution in [3.8, 4) is 0 Å². The fourth-order valence-corrected chi connectivity index (χ4v) is 3.06. The largest absolute Gasteiger partial charge is 0.365 e. The van der Waals surface area contributed by atoms with Crippen LogP contribution in [0.25, 0.3) is 0 Å². The molecule has 0 spiro atoms. The van der Waals surface area contributed by atoms with Crippen LogP contribution in [0.5, 0.6) is 0 Å². The number of benzene rings is 1. The maximum Gasteiger partial charge on any atom is 0.345 e. The summed E-state index contributed by atoms with van der Waals surface area (Å²) in [4.78, 5) is 16.3. The zero-order chi connectivity index (χ0) is 19.1. The molecule has 9 heteroatoms. The van der Waals surface area contributed by atoms with Gasteiger partial charge in [-0.2, -0.15) is 0 Å². The van der Waals surface area contributed by atoms with E-state index < -0.39 is 4.92 Å². The molecule has 0 N–H and O–H groups in total. The fraction of sp³-hybridized carbons (Fsp3) is 0.222. The standard InChI is InChI=1S/C18H19N6O2S/c1-2-23(13-12-22-10-4-3-5-11-22)16-8-6-15(7-9-16)20-21-18-19-14-17(27-18)24(25)26/h3-11,14H,2,12-13H2,1H3/q+1. The predicted molar refractivity (Wildman–Crippen MR) is 104 cm³/mol. The van der Waals surface area contributed by atoms with Crippen LogP contribution in [-0.4, -0.2) is 23.0 Å². The minimum absolute atomic E-state index is 0.0471. The van der Waals surface area contributed by atoms with Crippen molar-refractivity contribution in [2.24, 2.45) is 10.2 Å². The summed E-state index contributed by atoms with van der Waals surface area (Å²) in [5.74, 6) is 0. The highest BCUT2D eigenvalue weighted by atomic mass is 32.1. The molecule has 0 amide bonds. The molecule has 0 aliphatic heterocycles. The molecule has 0 aliphatic carbocycles. The van der Waals surface area contributed by atoms with Gasteiger partial charge in [0.15, 0.2) is 18.9 Å². The zero-order valence-electron chi connectivity index (χ0n) is 14.8. The van der Waals surface area contributed by atoms with Gasteiger partial charge in [-0.3, -0.25) is 10.1 Å². The lowest BCUT2D eigenvalue weighted by atomic mass is 10.2. The molecule has 0 bridgehead atoms. The van der Waals surface area contributed by atoms with Crippen molar-refractivity contribution in [1.29, 1.82) is 0 Å². The van der Waals surface area contributed by atoms with Gasteiger partial charge in [-0.05, 0) is 42.5 Å². The quantitative estimate of drug-likeness (QED) is 0.251. The van der Waals surface area contributed by atoms with Gasteiger partial charge in [0.25, 0.3) is 0 Å². The number of azo groups is 1. The number of nitro groups is 1. The van der Waals surface area contributed by atoms with Crippen LogP contribution in [0.4, 0.5) is 21.5 Å². The molecule has 1 aromatic carbocycles. The molecule has 0 atom stereocenters. The van der Waals surface area contributed by atoms with Gasteiger partial charge in [-0.15, -0.1) is 10.2 Å². The van der Waals surface area contributed by atoms with Crippen LogP contribution in [0.2, 0.25) is 0 Å². The van der Waals surface area contributed by atoms with E-state index in [2.05, 4.69) is 44.0 Å². The lowest BCUT2D eigenvalue weighted by Gasteiger charge is -2.21. The second-order valence-electron chi connectivity index (χ2n) is 5.65. The molecule has 138 valence electrons.